The standard InChI is InChI=1S/C12H15N5O6/c1-4-21-15-9-8(14(7-13)11(15)19)10(18)17(23-6-3)12(20)16(9)22-5-2/h4-6H2,1-3H3. The largest absolute Gasteiger partial charge is 0.408 e. The third kappa shape index (κ3) is 2.33. The second-order valence-electron chi connectivity index (χ2n) is 4.11. The Morgan fingerprint density at radius 2 is 1.35 bits per heavy atom. The topological polar surface area (TPSA) is 122 Å². The van der Waals surface area contributed by atoms with Crippen molar-refractivity contribution >= 4 is 11.2 Å². The van der Waals surface area contributed by atoms with Gasteiger partial charge in [0.25, 0.3) is 0 Å². The Labute approximate surface area is 128 Å². The molecule has 0 aliphatic rings. The highest BCUT2D eigenvalue weighted by molar-refractivity contribution is 5.71. The molecule has 0 aliphatic carbocycles. The smallest absolute Gasteiger partial charge is 0.399 e. The van der Waals surface area contributed by atoms with Crippen LogP contribution in [0.3, 0.4) is 0 Å². The average molecular weight is 325 g/mol. The van der Waals surface area contributed by atoms with Crippen molar-refractivity contribution in [3.05, 3.63) is 31.3 Å². The first kappa shape index (κ1) is 16.2. The molecule has 2 heterocycles. The van der Waals surface area contributed by atoms with E-state index in [1.165, 1.54) is 0 Å². The van der Waals surface area contributed by atoms with E-state index in [4.69, 9.17) is 19.8 Å². The molecule has 0 unspecified atom stereocenters. The van der Waals surface area contributed by atoms with Gasteiger partial charge in [-0.1, -0.05) is 4.73 Å². The van der Waals surface area contributed by atoms with Crippen LogP contribution in [0.25, 0.3) is 11.2 Å². The van der Waals surface area contributed by atoms with Gasteiger partial charge in [-0.05, 0) is 20.8 Å². The van der Waals surface area contributed by atoms with Gasteiger partial charge in [-0.25, -0.2) is 9.59 Å². The number of fused-ring (bicyclic) bond motifs is 1. The van der Waals surface area contributed by atoms with Crippen LogP contribution < -0.4 is 31.5 Å². The summed E-state index contributed by atoms with van der Waals surface area (Å²) in [6.07, 6.45) is 1.58. The minimum absolute atomic E-state index is 0.0235. The van der Waals surface area contributed by atoms with Gasteiger partial charge in [0, 0.05) is 0 Å². The summed E-state index contributed by atoms with van der Waals surface area (Å²) in [6.45, 7) is 4.95. The van der Waals surface area contributed by atoms with Gasteiger partial charge in [-0.2, -0.15) is 9.83 Å². The molecule has 124 valence electrons. The lowest BCUT2D eigenvalue weighted by molar-refractivity contribution is 0.0521. The molecule has 0 atom stereocenters. The van der Waals surface area contributed by atoms with Crippen LogP contribution in [0.2, 0.25) is 0 Å². The van der Waals surface area contributed by atoms with Crippen LogP contribution in [0, 0.1) is 11.5 Å². The molecule has 0 bridgehead atoms. The molecule has 11 heteroatoms. The van der Waals surface area contributed by atoms with Gasteiger partial charge >= 0.3 is 16.9 Å². The summed E-state index contributed by atoms with van der Waals surface area (Å²) in [5.74, 6) is 0. The molecule has 0 amide bonds. The summed E-state index contributed by atoms with van der Waals surface area (Å²) in [5.41, 5.74) is -3.49. The van der Waals surface area contributed by atoms with E-state index in [0.29, 0.717) is 18.8 Å². The first-order chi connectivity index (χ1) is 11.0. The summed E-state index contributed by atoms with van der Waals surface area (Å²) >= 11 is 0. The van der Waals surface area contributed by atoms with Crippen molar-refractivity contribution in [2.45, 2.75) is 20.8 Å². The lowest BCUT2D eigenvalue weighted by Gasteiger charge is -2.12. The Morgan fingerprint density at radius 1 is 0.870 bits per heavy atom. The Hall–Kier alpha value is -3.16. The molecule has 2 aromatic rings. The Balaban J connectivity index is 3.11. The van der Waals surface area contributed by atoms with Crippen molar-refractivity contribution in [2.75, 3.05) is 19.8 Å². The number of nitriles is 1. The summed E-state index contributed by atoms with van der Waals surface area (Å²) in [6, 6.07) is 0. The van der Waals surface area contributed by atoms with E-state index < -0.39 is 16.9 Å². The molecule has 0 spiro atoms. The highest BCUT2D eigenvalue weighted by atomic mass is 16.7. The van der Waals surface area contributed by atoms with Gasteiger partial charge < -0.3 is 14.5 Å². The fourth-order valence-corrected chi connectivity index (χ4v) is 2.03. The van der Waals surface area contributed by atoms with Gasteiger partial charge in [0.1, 0.15) is 19.8 Å². The van der Waals surface area contributed by atoms with Crippen LogP contribution in [0.5, 0.6) is 0 Å². The van der Waals surface area contributed by atoms with E-state index in [0.717, 1.165) is 0 Å². The Bertz CT molecular complexity index is 940. The summed E-state index contributed by atoms with van der Waals surface area (Å²) in [7, 11) is 0. The molecule has 2 aromatic heterocycles. The normalized spacial score (nSPS) is 10.5. The third-order valence-corrected chi connectivity index (χ3v) is 2.79. The van der Waals surface area contributed by atoms with Gasteiger partial charge in [0.2, 0.25) is 5.65 Å². The van der Waals surface area contributed by atoms with E-state index in [1.807, 2.05) is 0 Å². The number of rotatable bonds is 6. The number of imidazole rings is 1. The van der Waals surface area contributed by atoms with Crippen molar-refractivity contribution in [3.8, 4) is 6.19 Å². The first-order valence-electron chi connectivity index (χ1n) is 6.88. The zero-order valence-electron chi connectivity index (χ0n) is 12.8. The van der Waals surface area contributed by atoms with Crippen LogP contribution >= 0.6 is 0 Å². The van der Waals surface area contributed by atoms with Gasteiger partial charge in [0.05, 0.1) is 0 Å². The molecule has 0 radical (unpaired) electrons. The van der Waals surface area contributed by atoms with E-state index in [1.54, 1.807) is 27.0 Å². The number of nitrogens with zero attached hydrogens (tertiary/aromatic N) is 5. The van der Waals surface area contributed by atoms with Crippen molar-refractivity contribution in [1.29, 1.82) is 5.26 Å². The van der Waals surface area contributed by atoms with E-state index in [9.17, 15) is 14.4 Å². The molecule has 11 nitrogen and oxygen atoms in total. The van der Waals surface area contributed by atoms with Crippen LogP contribution in [0.4, 0.5) is 0 Å². The fourth-order valence-electron chi connectivity index (χ4n) is 2.03. The van der Waals surface area contributed by atoms with Crippen LogP contribution in [0.1, 0.15) is 20.8 Å². The minimum atomic E-state index is -0.958. The molecule has 0 saturated carbocycles. The molecular weight excluding hydrogens is 310 g/mol. The van der Waals surface area contributed by atoms with Crippen molar-refractivity contribution in [2.24, 2.45) is 0 Å². The van der Waals surface area contributed by atoms with Crippen LogP contribution in [-0.4, -0.2) is 38.6 Å². The van der Waals surface area contributed by atoms with E-state index >= 15 is 0 Å². The molecule has 0 fully saturated rings. The summed E-state index contributed by atoms with van der Waals surface area (Å²) in [5, 5.41) is 9.16. The molecular formula is C12H15N5O6. The lowest BCUT2D eigenvalue weighted by Crippen LogP contribution is -2.46. The van der Waals surface area contributed by atoms with Crippen molar-refractivity contribution in [3.63, 3.8) is 0 Å². The molecule has 0 aliphatic heterocycles. The lowest BCUT2D eigenvalue weighted by atomic mass is 10.5. The zero-order valence-corrected chi connectivity index (χ0v) is 12.8. The highest BCUT2D eigenvalue weighted by Crippen LogP contribution is 2.04. The summed E-state index contributed by atoms with van der Waals surface area (Å²) < 4.78 is 2.31. The number of aromatic nitrogens is 4. The predicted molar refractivity (Wildman–Crippen MR) is 77.1 cm³/mol. The average Bonchev–Trinajstić information content (AvgIpc) is 2.81. The van der Waals surface area contributed by atoms with Crippen molar-refractivity contribution < 1.29 is 14.5 Å². The zero-order chi connectivity index (χ0) is 17.1. The Kier molecular flexibility index (Phi) is 4.44. The fraction of sp³-hybridized carbons (Fsp3) is 0.500. The molecule has 0 N–H and O–H groups in total. The summed E-state index contributed by atoms with van der Waals surface area (Å²) in [4.78, 5) is 52.3. The second-order valence-corrected chi connectivity index (χ2v) is 4.11. The molecule has 0 saturated heterocycles. The number of hydrogen-bond acceptors (Lipinski definition) is 7. The second kappa shape index (κ2) is 6.30. The number of hydrogen-bond donors (Lipinski definition) is 0. The first-order valence-corrected chi connectivity index (χ1v) is 6.88. The molecule has 2 rings (SSSR count). The maximum Gasteiger partial charge on any atom is 0.399 e. The highest BCUT2D eigenvalue weighted by Gasteiger charge is 2.26. The van der Waals surface area contributed by atoms with Gasteiger partial charge in [-0.15, -0.1) is 9.46 Å². The SMILES string of the molecule is CCOn1c(=O)c2c(n(OCC)c1=O)n(OCC)c(=O)n2C#N. The van der Waals surface area contributed by atoms with E-state index in [-0.39, 0.29) is 31.0 Å². The quantitative estimate of drug-likeness (QED) is 0.590. The molecule has 23 heavy (non-hydrogen) atoms. The van der Waals surface area contributed by atoms with Crippen LogP contribution in [-0.2, 0) is 0 Å². The predicted octanol–water partition coefficient (Wildman–Crippen LogP) is -2.20. The van der Waals surface area contributed by atoms with Gasteiger partial charge in [-0.3, -0.25) is 4.79 Å². The van der Waals surface area contributed by atoms with Crippen LogP contribution in [0.15, 0.2) is 14.4 Å². The van der Waals surface area contributed by atoms with E-state index in [2.05, 4.69) is 0 Å². The third-order valence-electron chi connectivity index (χ3n) is 2.79. The maximum atomic E-state index is 12.4. The van der Waals surface area contributed by atoms with Gasteiger partial charge in [0.15, 0.2) is 11.7 Å². The minimum Gasteiger partial charge on any atom is -0.408 e. The molecule has 0 aromatic carbocycles. The van der Waals surface area contributed by atoms with Crippen molar-refractivity contribution in [1.82, 2.24) is 18.8 Å². The maximum absolute atomic E-state index is 12.4. The monoisotopic (exact) mass is 325 g/mol. The Morgan fingerprint density at radius 3 is 1.83 bits per heavy atom.